The Morgan fingerprint density at radius 3 is 2.13 bits per heavy atom. The van der Waals surface area contributed by atoms with E-state index in [1.807, 2.05) is 72.8 Å². The highest BCUT2D eigenvalue weighted by Gasteiger charge is 2.28. The molecule has 0 saturated carbocycles. The summed E-state index contributed by atoms with van der Waals surface area (Å²) < 4.78 is 13.1. The Morgan fingerprint density at radius 1 is 0.933 bits per heavy atom. The van der Waals surface area contributed by atoms with E-state index in [-0.39, 0.29) is 23.7 Å². The van der Waals surface area contributed by atoms with E-state index in [9.17, 15) is 9.18 Å². The zero-order chi connectivity index (χ0) is 20.8. The highest BCUT2D eigenvalue weighted by atomic mass is 19.1. The summed E-state index contributed by atoms with van der Waals surface area (Å²) in [6.07, 6.45) is 1.84. The van der Waals surface area contributed by atoms with Crippen molar-refractivity contribution in [3.05, 3.63) is 107 Å². The van der Waals surface area contributed by atoms with Gasteiger partial charge in [-0.1, -0.05) is 72.8 Å². The molecule has 0 unspecified atom stereocenters. The largest absolute Gasteiger partial charge is 0.351 e. The Bertz CT molecular complexity index is 904. The molecule has 1 heterocycles. The zero-order valence-corrected chi connectivity index (χ0v) is 17.0. The quantitative estimate of drug-likeness (QED) is 0.636. The van der Waals surface area contributed by atoms with E-state index in [1.165, 1.54) is 12.1 Å². The molecular weight excluding hydrogens is 375 g/mol. The van der Waals surface area contributed by atoms with Crippen LogP contribution in [0.25, 0.3) is 0 Å². The number of rotatable bonds is 7. The number of amides is 1. The van der Waals surface area contributed by atoms with Gasteiger partial charge < -0.3 is 10.2 Å². The van der Waals surface area contributed by atoms with Gasteiger partial charge in [-0.25, -0.2) is 4.39 Å². The summed E-state index contributed by atoms with van der Waals surface area (Å²) in [6, 6.07) is 26.8. The van der Waals surface area contributed by atoms with E-state index in [1.54, 1.807) is 0 Å². The van der Waals surface area contributed by atoms with Gasteiger partial charge in [-0.2, -0.15) is 0 Å². The SMILES string of the molecule is O=C(N[C@H]1CCN(CCc2ccc(F)cc2)C1)C(c1ccccc1)c1ccccc1. The Labute approximate surface area is 177 Å². The second-order valence-corrected chi connectivity index (χ2v) is 7.93. The molecule has 4 heteroatoms. The van der Waals surface area contributed by atoms with Crippen molar-refractivity contribution in [2.75, 3.05) is 19.6 Å². The van der Waals surface area contributed by atoms with Crippen LogP contribution in [0.15, 0.2) is 84.9 Å². The molecule has 1 aliphatic heterocycles. The monoisotopic (exact) mass is 402 g/mol. The van der Waals surface area contributed by atoms with Gasteiger partial charge in [0.15, 0.2) is 0 Å². The van der Waals surface area contributed by atoms with Gasteiger partial charge in [0.2, 0.25) is 5.91 Å². The Morgan fingerprint density at radius 2 is 1.53 bits per heavy atom. The molecule has 0 aromatic heterocycles. The van der Waals surface area contributed by atoms with Crippen LogP contribution < -0.4 is 5.32 Å². The molecule has 30 heavy (non-hydrogen) atoms. The van der Waals surface area contributed by atoms with Crippen molar-refractivity contribution in [2.45, 2.75) is 24.8 Å². The van der Waals surface area contributed by atoms with E-state index >= 15 is 0 Å². The van der Waals surface area contributed by atoms with Crippen LogP contribution in [-0.4, -0.2) is 36.5 Å². The Hall–Kier alpha value is -2.98. The maximum atomic E-state index is 13.3. The highest BCUT2D eigenvalue weighted by molar-refractivity contribution is 5.87. The third kappa shape index (κ3) is 5.14. The van der Waals surface area contributed by atoms with Gasteiger partial charge >= 0.3 is 0 Å². The molecule has 3 aromatic carbocycles. The van der Waals surface area contributed by atoms with E-state index < -0.39 is 0 Å². The van der Waals surface area contributed by atoms with Gasteiger partial charge in [-0.15, -0.1) is 0 Å². The second kappa shape index (κ2) is 9.68. The van der Waals surface area contributed by atoms with Crippen LogP contribution in [0.1, 0.15) is 29.0 Å². The first-order chi connectivity index (χ1) is 14.7. The molecule has 1 N–H and O–H groups in total. The fourth-order valence-corrected chi connectivity index (χ4v) is 4.16. The third-order valence-corrected chi connectivity index (χ3v) is 5.78. The van der Waals surface area contributed by atoms with E-state index in [4.69, 9.17) is 0 Å². The topological polar surface area (TPSA) is 32.3 Å². The smallest absolute Gasteiger partial charge is 0.232 e. The summed E-state index contributed by atoms with van der Waals surface area (Å²) in [4.78, 5) is 15.6. The van der Waals surface area contributed by atoms with Crippen molar-refractivity contribution >= 4 is 5.91 Å². The Balaban J connectivity index is 1.37. The molecule has 0 aliphatic carbocycles. The molecule has 0 radical (unpaired) electrons. The number of carbonyl (C=O) groups is 1. The van der Waals surface area contributed by atoms with Gasteiger partial charge in [-0.3, -0.25) is 4.79 Å². The molecule has 1 fully saturated rings. The second-order valence-electron chi connectivity index (χ2n) is 7.93. The summed E-state index contributed by atoms with van der Waals surface area (Å²) in [5.74, 6) is -0.451. The predicted molar refractivity (Wildman–Crippen MR) is 118 cm³/mol. The maximum Gasteiger partial charge on any atom is 0.232 e. The number of benzene rings is 3. The van der Waals surface area contributed by atoms with Crippen molar-refractivity contribution in [1.29, 1.82) is 0 Å². The van der Waals surface area contributed by atoms with E-state index in [2.05, 4.69) is 10.2 Å². The number of likely N-dealkylation sites (tertiary alicyclic amines) is 1. The minimum absolute atomic E-state index is 0.0535. The average molecular weight is 403 g/mol. The molecule has 1 aliphatic rings. The van der Waals surface area contributed by atoms with Crippen molar-refractivity contribution in [2.24, 2.45) is 0 Å². The first kappa shape index (κ1) is 20.3. The lowest BCUT2D eigenvalue weighted by Gasteiger charge is -2.21. The number of hydrogen-bond acceptors (Lipinski definition) is 2. The molecule has 1 saturated heterocycles. The fourth-order valence-electron chi connectivity index (χ4n) is 4.16. The molecule has 4 rings (SSSR count). The summed E-state index contributed by atoms with van der Waals surface area (Å²) in [5, 5.41) is 3.28. The summed E-state index contributed by atoms with van der Waals surface area (Å²) >= 11 is 0. The lowest BCUT2D eigenvalue weighted by atomic mass is 9.90. The molecule has 1 amide bonds. The number of carbonyl (C=O) groups excluding carboxylic acids is 1. The molecule has 154 valence electrons. The number of hydrogen-bond donors (Lipinski definition) is 1. The van der Waals surface area contributed by atoms with Crippen molar-refractivity contribution < 1.29 is 9.18 Å². The first-order valence-electron chi connectivity index (χ1n) is 10.6. The fraction of sp³-hybridized carbons (Fsp3) is 0.269. The molecular formula is C26H27FN2O. The van der Waals surface area contributed by atoms with Crippen LogP contribution in [0.3, 0.4) is 0 Å². The van der Waals surface area contributed by atoms with Crippen LogP contribution in [0.5, 0.6) is 0 Å². The van der Waals surface area contributed by atoms with Crippen molar-refractivity contribution in [3.8, 4) is 0 Å². The third-order valence-electron chi connectivity index (χ3n) is 5.78. The van der Waals surface area contributed by atoms with Crippen LogP contribution in [0.4, 0.5) is 4.39 Å². The number of halogens is 1. The highest BCUT2D eigenvalue weighted by Crippen LogP contribution is 2.25. The van der Waals surface area contributed by atoms with Crippen molar-refractivity contribution in [3.63, 3.8) is 0 Å². The first-order valence-corrected chi connectivity index (χ1v) is 10.6. The van der Waals surface area contributed by atoms with Gasteiger partial charge in [0.1, 0.15) is 5.82 Å². The zero-order valence-electron chi connectivity index (χ0n) is 17.0. The van der Waals surface area contributed by atoms with Gasteiger partial charge in [0.05, 0.1) is 5.92 Å². The lowest BCUT2D eigenvalue weighted by Crippen LogP contribution is -2.40. The van der Waals surface area contributed by atoms with E-state index in [0.717, 1.165) is 49.2 Å². The minimum atomic E-state index is -0.305. The minimum Gasteiger partial charge on any atom is -0.351 e. The van der Waals surface area contributed by atoms with Crippen LogP contribution in [-0.2, 0) is 11.2 Å². The standard InChI is InChI=1S/C26H27FN2O/c27-23-13-11-20(12-14-23)15-17-29-18-16-24(19-29)28-26(30)25(21-7-3-1-4-8-21)22-9-5-2-6-10-22/h1-14,24-25H,15-19H2,(H,28,30)/t24-/m0/s1. The summed E-state index contributed by atoms with van der Waals surface area (Å²) in [6.45, 7) is 2.73. The van der Waals surface area contributed by atoms with Gasteiger partial charge in [0.25, 0.3) is 0 Å². The van der Waals surface area contributed by atoms with E-state index in [0.29, 0.717) is 0 Å². The molecule has 0 spiro atoms. The normalized spacial score (nSPS) is 16.7. The average Bonchev–Trinajstić information content (AvgIpc) is 3.22. The predicted octanol–water partition coefficient (Wildman–Crippen LogP) is 4.39. The molecule has 0 bridgehead atoms. The molecule has 1 atom stereocenters. The van der Waals surface area contributed by atoms with Crippen LogP contribution in [0.2, 0.25) is 0 Å². The van der Waals surface area contributed by atoms with Crippen LogP contribution in [0, 0.1) is 5.82 Å². The van der Waals surface area contributed by atoms with Gasteiger partial charge in [0, 0.05) is 25.7 Å². The maximum absolute atomic E-state index is 13.3. The molecule has 3 nitrogen and oxygen atoms in total. The number of nitrogens with zero attached hydrogens (tertiary/aromatic N) is 1. The van der Waals surface area contributed by atoms with Gasteiger partial charge in [-0.05, 0) is 41.7 Å². The van der Waals surface area contributed by atoms with Crippen molar-refractivity contribution in [1.82, 2.24) is 10.2 Å². The molecule has 3 aromatic rings. The summed E-state index contributed by atoms with van der Waals surface area (Å²) in [5.41, 5.74) is 3.15. The Kier molecular flexibility index (Phi) is 6.55. The number of nitrogens with one attached hydrogen (secondary N) is 1. The summed E-state index contributed by atoms with van der Waals surface area (Å²) in [7, 11) is 0. The lowest BCUT2D eigenvalue weighted by molar-refractivity contribution is -0.122. The van der Waals surface area contributed by atoms with Crippen LogP contribution >= 0.6 is 0 Å².